The molecule has 1 saturated heterocycles. The van der Waals surface area contributed by atoms with E-state index >= 15 is 0 Å². The van der Waals surface area contributed by atoms with E-state index < -0.39 is 10.0 Å². The van der Waals surface area contributed by atoms with Crippen LogP contribution in [0.1, 0.15) is 37.0 Å². The van der Waals surface area contributed by atoms with Crippen LogP contribution < -0.4 is 10.2 Å². The van der Waals surface area contributed by atoms with E-state index in [1.54, 1.807) is 31.3 Å². The molecule has 0 aromatic heterocycles. The monoisotopic (exact) mass is 429 g/mol. The number of anilines is 2. The van der Waals surface area contributed by atoms with Crippen molar-refractivity contribution in [3.8, 4) is 0 Å². The van der Waals surface area contributed by atoms with Gasteiger partial charge in [-0.2, -0.15) is 4.31 Å². The molecule has 160 valence electrons. The van der Waals surface area contributed by atoms with Crippen LogP contribution in [0.3, 0.4) is 0 Å². The van der Waals surface area contributed by atoms with Gasteiger partial charge in [0.15, 0.2) is 0 Å². The third kappa shape index (κ3) is 4.88. The van der Waals surface area contributed by atoms with E-state index in [1.807, 2.05) is 0 Å². The van der Waals surface area contributed by atoms with Gasteiger partial charge in [0.05, 0.1) is 4.90 Å². The summed E-state index contributed by atoms with van der Waals surface area (Å²) in [6.45, 7) is 4.67. The fourth-order valence-electron chi connectivity index (χ4n) is 3.31. The van der Waals surface area contributed by atoms with E-state index in [2.05, 4.69) is 12.2 Å². The third-order valence-electron chi connectivity index (χ3n) is 5.48. The van der Waals surface area contributed by atoms with Gasteiger partial charge in [0.1, 0.15) is 0 Å². The molecule has 0 bridgehead atoms. The van der Waals surface area contributed by atoms with Crippen molar-refractivity contribution in [2.75, 3.05) is 30.4 Å². The number of amides is 2. The summed E-state index contributed by atoms with van der Waals surface area (Å²) in [6.07, 6.45) is 1.72. The first kappa shape index (κ1) is 22.0. The average molecular weight is 430 g/mol. The number of benzene rings is 2. The number of rotatable bonds is 5. The van der Waals surface area contributed by atoms with Gasteiger partial charge in [-0.25, -0.2) is 8.42 Å². The molecule has 1 N–H and O–H groups in total. The summed E-state index contributed by atoms with van der Waals surface area (Å²) in [7, 11) is -1.86. The number of nitrogens with zero attached hydrogens (tertiary/aromatic N) is 2. The Kier molecular flexibility index (Phi) is 6.58. The summed E-state index contributed by atoms with van der Waals surface area (Å²) in [6, 6.07) is 12.9. The second-order valence-corrected chi connectivity index (χ2v) is 9.63. The summed E-state index contributed by atoms with van der Waals surface area (Å²) >= 11 is 0. The van der Waals surface area contributed by atoms with E-state index in [1.165, 1.54) is 40.4 Å². The minimum absolute atomic E-state index is 0.0825. The highest BCUT2D eigenvalue weighted by atomic mass is 32.2. The molecule has 0 aliphatic carbocycles. The molecule has 1 fully saturated rings. The summed E-state index contributed by atoms with van der Waals surface area (Å²) < 4.78 is 27.1. The summed E-state index contributed by atoms with van der Waals surface area (Å²) in [5.41, 5.74) is 1.67. The Balaban J connectivity index is 1.67. The molecule has 2 aromatic carbocycles. The van der Waals surface area contributed by atoms with E-state index in [-0.39, 0.29) is 16.7 Å². The zero-order valence-corrected chi connectivity index (χ0v) is 18.3. The first-order chi connectivity index (χ1) is 14.2. The van der Waals surface area contributed by atoms with E-state index in [9.17, 15) is 18.0 Å². The van der Waals surface area contributed by atoms with E-state index in [4.69, 9.17) is 0 Å². The lowest BCUT2D eigenvalue weighted by atomic mass is 10.0. The third-order valence-corrected chi connectivity index (χ3v) is 7.39. The van der Waals surface area contributed by atoms with Gasteiger partial charge in [0, 0.05) is 44.0 Å². The zero-order chi connectivity index (χ0) is 21.9. The molecule has 8 heteroatoms. The molecule has 0 saturated carbocycles. The van der Waals surface area contributed by atoms with E-state index in [0.29, 0.717) is 30.3 Å². The Bertz CT molecular complexity index is 1010. The van der Waals surface area contributed by atoms with Gasteiger partial charge in [-0.3, -0.25) is 9.59 Å². The molecule has 30 heavy (non-hydrogen) atoms. The summed E-state index contributed by atoms with van der Waals surface area (Å²) in [5.74, 6) is 0.124. The second kappa shape index (κ2) is 8.97. The average Bonchev–Trinajstić information content (AvgIpc) is 2.74. The van der Waals surface area contributed by atoms with E-state index in [0.717, 1.165) is 18.5 Å². The number of carbonyl (C=O) groups is 2. The Labute approximate surface area is 177 Å². The summed E-state index contributed by atoms with van der Waals surface area (Å²) in [4.78, 5) is 25.6. The van der Waals surface area contributed by atoms with Crippen molar-refractivity contribution in [1.82, 2.24) is 4.31 Å². The highest BCUT2D eigenvalue weighted by molar-refractivity contribution is 7.89. The van der Waals surface area contributed by atoms with Gasteiger partial charge >= 0.3 is 0 Å². The van der Waals surface area contributed by atoms with Crippen LogP contribution in [0.5, 0.6) is 0 Å². The van der Waals surface area contributed by atoms with Gasteiger partial charge in [-0.15, -0.1) is 0 Å². The lowest BCUT2D eigenvalue weighted by Gasteiger charge is -2.29. The number of sulfonamides is 1. The highest BCUT2D eigenvalue weighted by Gasteiger charge is 2.28. The van der Waals surface area contributed by atoms with Crippen LogP contribution in [-0.4, -0.2) is 44.7 Å². The molecule has 3 rings (SSSR count). The molecular formula is C22H27N3O4S. The molecule has 0 atom stereocenters. The predicted molar refractivity (Wildman–Crippen MR) is 117 cm³/mol. The standard InChI is InChI=1S/C22H27N3O4S/c1-16-12-14-25(15-13-16)30(28,29)21-10-4-18(5-11-21)22(27)23-19-6-8-20(9-7-19)24(3)17(2)26/h4-11,16H,12-15H2,1-3H3,(H,23,27). The van der Waals surface area contributed by atoms with Crippen molar-refractivity contribution in [1.29, 1.82) is 0 Å². The van der Waals surface area contributed by atoms with Gasteiger partial charge in [-0.1, -0.05) is 6.92 Å². The largest absolute Gasteiger partial charge is 0.322 e. The Hall–Kier alpha value is -2.71. The van der Waals surface area contributed by atoms with Crippen molar-refractivity contribution >= 4 is 33.2 Å². The molecule has 2 aromatic rings. The van der Waals surface area contributed by atoms with Crippen molar-refractivity contribution in [3.63, 3.8) is 0 Å². The second-order valence-electron chi connectivity index (χ2n) is 7.69. The normalized spacial score (nSPS) is 15.6. The molecule has 0 radical (unpaired) electrons. The first-order valence-corrected chi connectivity index (χ1v) is 11.4. The molecule has 7 nitrogen and oxygen atoms in total. The topological polar surface area (TPSA) is 86.8 Å². The molecular weight excluding hydrogens is 402 g/mol. The molecule has 1 aliphatic heterocycles. The number of nitrogens with one attached hydrogen (secondary N) is 1. The minimum Gasteiger partial charge on any atom is -0.322 e. The Morgan fingerprint density at radius 1 is 1.00 bits per heavy atom. The molecule has 1 heterocycles. The molecule has 2 amide bonds. The van der Waals surface area contributed by atoms with Crippen molar-refractivity contribution in [2.45, 2.75) is 31.6 Å². The number of piperidine rings is 1. The molecule has 1 aliphatic rings. The maximum atomic E-state index is 12.8. The first-order valence-electron chi connectivity index (χ1n) is 9.94. The summed E-state index contributed by atoms with van der Waals surface area (Å²) in [5, 5.41) is 2.78. The van der Waals surface area contributed by atoms with Crippen LogP contribution in [0.4, 0.5) is 11.4 Å². The van der Waals surface area contributed by atoms with Crippen molar-refractivity contribution < 1.29 is 18.0 Å². The number of hydrogen-bond acceptors (Lipinski definition) is 4. The zero-order valence-electron chi connectivity index (χ0n) is 17.5. The predicted octanol–water partition coefficient (Wildman–Crippen LogP) is 3.34. The van der Waals surface area contributed by atoms with Crippen LogP contribution in [0.2, 0.25) is 0 Å². The van der Waals surface area contributed by atoms with Gasteiger partial charge in [0.25, 0.3) is 5.91 Å². The van der Waals surface area contributed by atoms with Crippen LogP contribution in [0, 0.1) is 5.92 Å². The van der Waals surface area contributed by atoms with Crippen LogP contribution in [0.15, 0.2) is 53.4 Å². The number of hydrogen-bond donors (Lipinski definition) is 1. The lowest BCUT2D eigenvalue weighted by Crippen LogP contribution is -2.37. The maximum absolute atomic E-state index is 12.8. The number of carbonyl (C=O) groups excluding carboxylic acids is 2. The van der Waals surface area contributed by atoms with Crippen molar-refractivity contribution in [3.05, 3.63) is 54.1 Å². The van der Waals surface area contributed by atoms with Crippen LogP contribution >= 0.6 is 0 Å². The van der Waals surface area contributed by atoms with Crippen molar-refractivity contribution in [2.24, 2.45) is 5.92 Å². The Morgan fingerprint density at radius 2 is 1.57 bits per heavy atom. The lowest BCUT2D eigenvalue weighted by molar-refractivity contribution is -0.116. The fourth-order valence-corrected chi connectivity index (χ4v) is 4.78. The van der Waals surface area contributed by atoms with Crippen LogP contribution in [0.25, 0.3) is 0 Å². The van der Waals surface area contributed by atoms with Gasteiger partial charge < -0.3 is 10.2 Å². The SMILES string of the molecule is CC(=O)N(C)c1ccc(NC(=O)c2ccc(S(=O)(=O)N3CCC(C)CC3)cc2)cc1. The maximum Gasteiger partial charge on any atom is 0.255 e. The minimum atomic E-state index is -3.54. The van der Waals surface area contributed by atoms with Crippen LogP contribution in [-0.2, 0) is 14.8 Å². The smallest absolute Gasteiger partial charge is 0.255 e. The van der Waals surface area contributed by atoms with Gasteiger partial charge in [0.2, 0.25) is 15.9 Å². The molecule has 0 spiro atoms. The quantitative estimate of drug-likeness (QED) is 0.790. The highest BCUT2D eigenvalue weighted by Crippen LogP contribution is 2.24. The fraction of sp³-hybridized carbons (Fsp3) is 0.364. The van der Waals surface area contributed by atoms with Gasteiger partial charge in [-0.05, 0) is 67.3 Å². The Morgan fingerprint density at radius 3 is 2.10 bits per heavy atom. The molecule has 0 unspecified atom stereocenters.